The lowest BCUT2D eigenvalue weighted by atomic mass is 9.89. The minimum Gasteiger partial charge on any atom is -0.481 e. The van der Waals surface area contributed by atoms with Crippen LogP contribution in [0.15, 0.2) is 54.6 Å². The van der Waals surface area contributed by atoms with E-state index < -0.39 is 30.3 Å². The van der Waals surface area contributed by atoms with Gasteiger partial charge in [-0.05, 0) is 11.6 Å². The highest BCUT2D eigenvalue weighted by atomic mass is 35.5. The van der Waals surface area contributed by atoms with Crippen LogP contribution in [0.1, 0.15) is 17.0 Å². The van der Waals surface area contributed by atoms with Crippen molar-refractivity contribution in [3.8, 4) is 0 Å². The van der Waals surface area contributed by atoms with Crippen molar-refractivity contribution >= 4 is 17.6 Å². The first kappa shape index (κ1) is 17.8. The summed E-state index contributed by atoms with van der Waals surface area (Å²) >= 11 is 6.19. The summed E-state index contributed by atoms with van der Waals surface area (Å²) in [5, 5.41) is 9.98. The Kier molecular flexibility index (Phi) is 5.06. The molecule has 1 saturated heterocycles. The molecule has 0 amide bonds. The van der Waals surface area contributed by atoms with Crippen LogP contribution < -0.4 is 0 Å². The van der Waals surface area contributed by atoms with Crippen LogP contribution in [0.2, 0.25) is 5.02 Å². The number of nitrogens with zero attached hydrogens (tertiary/aromatic N) is 1. The molecule has 0 aliphatic carbocycles. The van der Waals surface area contributed by atoms with Crippen LogP contribution >= 0.6 is 11.6 Å². The molecule has 1 aliphatic heterocycles. The molecule has 1 N–H and O–H groups in total. The van der Waals surface area contributed by atoms with Crippen molar-refractivity contribution in [3.05, 3.63) is 70.7 Å². The van der Waals surface area contributed by atoms with E-state index in [0.717, 1.165) is 0 Å². The van der Waals surface area contributed by atoms with Crippen LogP contribution in [0.4, 0.5) is 8.78 Å². The van der Waals surface area contributed by atoms with Crippen molar-refractivity contribution in [2.24, 2.45) is 5.92 Å². The second-order valence-electron chi connectivity index (χ2n) is 6.34. The SMILES string of the molecule is O=C(O)[C@H]1CN(CC(F)(F)c2ccccc2)C[C@H]1c1ccccc1Cl. The van der Waals surface area contributed by atoms with Crippen LogP contribution in [0.25, 0.3) is 0 Å². The molecular weight excluding hydrogens is 348 g/mol. The van der Waals surface area contributed by atoms with Gasteiger partial charge in [-0.2, -0.15) is 8.78 Å². The third kappa shape index (κ3) is 3.83. The summed E-state index contributed by atoms with van der Waals surface area (Å²) in [5.74, 6) is -5.20. The summed E-state index contributed by atoms with van der Waals surface area (Å²) in [5.41, 5.74) is 0.630. The molecule has 3 nitrogen and oxygen atoms in total. The molecule has 1 heterocycles. The Morgan fingerprint density at radius 3 is 2.40 bits per heavy atom. The summed E-state index contributed by atoms with van der Waals surface area (Å²) < 4.78 is 29.1. The smallest absolute Gasteiger partial charge is 0.308 e. The normalized spacial score (nSPS) is 21.4. The standard InChI is InChI=1S/C19H18ClF2NO2/c20-17-9-5-4-8-14(17)15-10-23(11-16(15)18(24)25)12-19(21,22)13-6-2-1-3-7-13/h1-9,15-16H,10-12H2,(H,24,25)/t15-,16-/m0/s1. The topological polar surface area (TPSA) is 40.5 Å². The van der Waals surface area contributed by atoms with E-state index >= 15 is 0 Å². The third-order valence-corrected chi connectivity index (χ3v) is 4.98. The number of hydrogen-bond donors (Lipinski definition) is 1. The van der Waals surface area contributed by atoms with Crippen LogP contribution in [0.3, 0.4) is 0 Å². The highest BCUT2D eigenvalue weighted by Crippen LogP contribution is 2.38. The van der Waals surface area contributed by atoms with Crippen molar-refractivity contribution in [2.45, 2.75) is 11.8 Å². The van der Waals surface area contributed by atoms with Gasteiger partial charge >= 0.3 is 5.97 Å². The predicted molar refractivity (Wildman–Crippen MR) is 92.1 cm³/mol. The van der Waals surface area contributed by atoms with Crippen LogP contribution in [0.5, 0.6) is 0 Å². The fraction of sp³-hybridized carbons (Fsp3) is 0.316. The van der Waals surface area contributed by atoms with Crippen molar-refractivity contribution in [2.75, 3.05) is 19.6 Å². The zero-order chi connectivity index (χ0) is 18.0. The number of carbonyl (C=O) groups is 1. The van der Waals surface area contributed by atoms with Gasteiger partial charge in [0.1, 0.15) is 0 Å². The molecule has 2 aromatic carbocycles. The van der Waals surface area contributed by atoms with Crippen molar-refractivity contribution in [3.63, 3.8) is 0 Å². The molecule has 6 heteroatoms. The Labute approximate surface area is 149 Å². The number of hydrogen-bond acceptors (Lipinski definition) is 2. The molecule has 2 atom stereocenters. The summed E-state index contributed by atoms with van der Waals surface area (Å²) in [7, 11) is 0. The van der Waals surface area contributed by atoms with Gasteiger partial charge in [0.25, 0.3) is 5.92 Å². The van der Waals surface area contributed by atoms with Gasteiger partial charge in [-0.1, -0.05) is 60.1 Å². The molecule has 1 fully saturated rings. The number of benzene rings is 2. The Hall–Kier alpha value is -1.98. The number of carboxylic acid groups (broad SMARTS) is 1. The Morgan fingerprint density at radius 2 is 1.76 bits per heavy atom. The maximum absolute atomic E-state index is 14.5. The molecule has 0 aromatic heterocycles. The lowest BCUT2D eigenvalue weighted by Gasteiger charge is -2.24. The number of carboxylic acids is 1. The molecule has 0 saturated carbocycles. The van der Waals surface area contributed by atoms with E-state index in [-0.39, 0.29) is 18.7 Å². The number of halogens is 3. The second kappa shape index (κ2) is 7.10. The van der Waals surface area contributed by atoms with Gasteiger partial charge in [-0.15, -0.1) is 0 Å². The summed E-state index contributed by atoms with van der Waals surface area (Å²) in [6.07, 6.45) is 0. The van der Waals surface area contributed by atoms with Gasteiger partial charge in [0.15, 0.2) is 0 Å². The Balaban J connectivity index is 1.81. The van der Waals surface area contributed by atoms with Gasteiger partial charge in [0.05, 0.1) is 12.5 Å². The third-order valence-electron chi connectivity index (χ3n) is 4.64. The first-order valence-electron chi connectivity index (χ1n) is 8.01. The van der Waals surface area contributed by atoms with Gasteiger partial charge < -0.3 is 5.11 Å². The molecule has 132 valence electrons. The lowest BCUT2D eigenvalue weighted by molar-refractivity contribution is -0.141. The van der Waals surface area contributed by atoms with Crippen LogP contribution in [-0.4, -0.2) is 35.6 Å². The number of likely N-dealkylation sites (tertiary alicyclic amines) is 1. The van der Waals surface area contributed by atoms with Gasteiger partial charge in [0, 0.05) is 29.6 Å². The molecule has 3 rings (SSSR count). The second-order valence-corrected chi connectivity index (χ2v) is 6.74. The molecule has 0 radical (unpaired) electrons. The zero-order valence-corrected chi connectivity index (χ0v) is 14.2. The average Bonchev–Trinajstić information content (AvgIpc) is 2.99. The molecule has 0 unspecified atom stereocenters. The highest BCUT2D eigenvalue weighted by molar-refractivity contribution is 6.31. The van der Waals surface area contributed by atoms with Crippen LogP contribution in [0, 0.1) is 5.92 Å². The van der Waals surface area contributed by atoms with E-state index in [0.29, 0.717) is 10.6 Å². The molecule has 0 spiro atoms. The number of aliphatic carboxylic acids is 1. The fourth-order valence-corrected chi connectivity index (χ4v) is 3.69. The Bertz CT molecular complexity index is 754. The van der Waals surface area contributed by atoms with E-state index in [1.54, 1.807) is 42.5 Å². The van der Waals surface area contributed by atoms with Crippen molar-refractivity contribution in [1.82, 2.24) is 4.90 Å². The molecule has 2 aromatic rings. The molecule has 1 aliphatic rings. The minimum atomic E-state index is -3.04. The molecule has 25 heavy (non-hydrogen) atoms. The van der Waals surface area contributed by atoms with Gasteiger partial charge in [0.2, 0.25) is 0 Å². The summed E-state index contributed by atoms with van der Waals surface area (Å²) in [6, 6.07) is 14.6. The van der Waals surface area contributed by atoms with Crippen molar-refractivity contribution in [1.29, 1.82) is 0 Å². The fourth-order valence-electron chi connectivity index (χ4n) is 3.41. The Morgan fingerprint density at radius 1 is 1.12 bits per heavy atom. The number of rotatable bonds is 5. The maximum Gasteiger partial charge on any atom is 0.308 e. The van der Waals surface area contributed by atoms with E-state index in [1.807, 2.05) is 0 Å². The number of alkyl halides is 2. The maximum atomic E-state index is 14.5. The average molecular weight is 366 g/mol. The quantitative estimate of drug-likeness (QED) is 0.862. The largest absolute Gasteiger partial charge is 0.481 e. The lowest BCUT2D eigenvalue weighted by Crippen LogP contribution is -2.34. The summed E-state index contributed by atoms with van der Waals surface area (Å²) in [4.78, 5) is 13.1. The summed E-state index contributed by atoms with van der Waals surface area (Å²) in [6.45, 7) is -0.196. The van der Waals surface area contributed by atoms with E-state index in [2.05, 4.69) is 0 Å². The van der Waals surface area contributed by atoms with E-state index in [4.69, 9.17) is 11.6 Å². The van der Waals surface area contributed by atoms with E-state index in [9.17, 15) is 18.7 Å². The predicted octanol–water partition coefficient (Wildman–Crippen LogP) is 4.23. The van der Waals surface area contributed by atoms with Crippen molar-refractivity contribution < 1.29 is 18.7 Å². The zero-order valence-electron chi connectivity index (χ0n) is 13.4. The van der Waals surface area contributed by atoms with Gasteiger partial charge in [-0.25, -0.2) is 0 Å². The van der Waals surface area contributed by atoms with E-state index in [1.165, 1.54) is 17.0 Å². The highest BCUT2D eigenvalue weighted by Gasteiger charge is 2.43. The minimum absolute atomic E-state index is 0.0666. The molecule has 0 bridgehead atoms. The molecular formula is C19H18ClF2NO2. The van der Waals surface area contributed by atoms with Gasteiger partial charge in [-0.3, -0.25) is 9.69 Å². The monoisotopic (exact) mass is 365 g/mol. The first-order valence-corrected chi connectivity index (χ1v) is 8.39. The first-order chi connectivity index (χ1) is 11.9. The van der Waals surface area contributed by atoms with Crippen LogP contribution in [-0.2, 0) is 10.7 Å².